The summed E-state index contributed by atoms with van der Waals surface area (Å²) in [7, 11) is 0. The van der Waals surface area contributed by atoms with E-state index in [4.69, 9.17) is 21.4 Å². The number of para-hydroxylation sites is 1. The number of ether oxygens (including phenoxy) is 1. The third kappa shape index (κ3) is 5.90. The van der Waals surface area contributed by atoms with E-state index >= 15 is 0 Å². The third-order valence-corrected chi connectivity index (χ3v) is 4.09. The molecule has 1 aliphatic heterocycles. The van der Waals surface area contributed by atoms with E-state index in [1.54, 1.807) is 11.0 Å². The van der Waals surface area contributed by atoms with Crippen molar-refractivity contribution >= 4 is 23.6 Å². The quantitative estimate of drug-likeness (QED) is 0.775. The molecule has 2 amide bonds. The fourth-order valence-electron chi connectivity index (χ4n) is 2.41. The fraction of sp³-hybridized carbons (Fsp3) is 0.500. The Hall–Kier alpha value is -1.99. The van der Waals surface area contributed by atoms with E-state index in [0.29, 0.717) is 30.5 Å². The van der Waals surface area contributed by atoms with Crippen molar-refractivity contribution < 1.29 is 19.4 Å². The summed E-state index contributed by atoms with van der Waals surface area (Å²) in [6, 6.07) is 7.16. The van der Waals surface area contributed by atoms with Gasteiger partial charge in [0.15, 0.2) is 0 Å². The van der Waals surface area contributed by atoms with Crippen LogP contribution in [0.2, 0.25) is 5.02 Å². The molecule has 7 nitrogen and oxygen atoms in total. The van der Waals surface area contributed by atoms with Gasteiger partial charge in [-0.1, -0.05) is 23.7 Å². The molecule has 0 radical (unpaired) electrons. The minimum Gasteiger partial charge on any atom is -0.491 e. The van der Waals surface area contributed by atoms with Crippen LogP contribution < -0.4 is 10.1 Å². The SMILES string of the molecule is O=C(O)CCNC(=O)N1CCN(CCOc2ccccc2Cl)CC1. The number of hydrogen-bond donors (Lipinski definition) is 2. The Morgan fingerprint density at radius 3 is 2.58 bits per heavy atom. The predicted molar refractivity (Wildman–Crippen MR) is 90.6 cm³/mol. The normalized spacial score (nSPS) is 15.1. The highest BCUT2D eigenvalue weighted by Gasteiger charge is 2.20. The highest BCUT2D eigenvalue weighted by Crippen LogP contribution is 2.22. The molecule has 2 rings (SSSR count). The van der Waals surface area contributed by atoms with Crippen LogP contribution in [0.5, 0.6) is 5.75 Å². The minimum absolute atomic E-state index is 0.0644. The molecule has 0 aromatic heterocycles. The van der Waals surface area contributed by atoms with Gasteiger partial charge in [-0.25, -0.2) is 4.79 Å². The molecule has 1 aliphatic rings. The Labute approximate surface area is 146 Å². The van der Waals surface area contributed by atoms with Crippen molar-refractivity contribution in [2.24, 2.45) is 0 Å². The van der Waals surface area contributed by atoms with Gasteiger partial charge in [0, 0.05) is 39.3 Å². The molecule has 0 bridgehead atoms. The number of rotatable bonds is 7. The van der Waals surface area contributed by atoms with Crippen LogP contribution in [0.25, 0.3) is 0 Å². The zero-order chi connectivity index (χ0) is 17.4. The Morgan fingerprint density at radius 1 is 1.21 bits per heavy atom. The van der Waals surface area contributed by atoms with Gasteiger partial charge < -0.3 is 20.1 Å². The van der Waals surface area contributed by atoms with E-state index in [0.717, 1.165) is 19.6 Å². The number of carboxylic acids is 1. The summed E-state index contributed by atoms with van der Waals surface area (Å²) < 4.78 is 5.67. The molecule has 1 fully saturated rings. The van der Waals surface area contributed by atoms with Crippen LogP contribution in [-0.4, -0.2) is 72.8 Å². The number of urea groups is 1. The smallest absolute Gasteiger partial charge is 0.317 e. The van der Waals surface area contributed by atoms with Crippen LogP contribution in [-0.2, 0) is 4.79 Å². The van der Waals surface area contributed by atoms with E-state index < -0.39 is 5.97 Å². The first-order chi connectivity index (χ1) is 11.6. The number of halogens is 1. The van der Waals surface area contributed by atoms with Crippen molar-refractivity contribution in [1.82, 2.24) is 15.1 Å². The fourth-order valence-corrected chi connectivity index (χ4v) is 2.60. The lowest BCUT2D eigenvalue weighted by Gasteiger charge is -2.34. The van der Waals surface area contributed by atoms with E-state index in [2.05, 4.69) is 10.2 Å². The van der Waals surface area contributed by atoms with Gasteiger partial charge in [-0.3, -0.25) is 9.69 Å². The first-order valence-electron chi connectivity index (χ1n) is 7.90. The number of nitrogens with one attached hydrogen (secondary N) is 1. The molecule has 1 heterocycles. The van der Waals surface area contributed by atoms with Crippen LogP contribution in [0.15, 0.2) is 24.3 Å². The van der Waals surface area contributed by atoms with Crippen molar-refractivity contribution in [2.45, 2.75) is 6.42 Å². The number of carbonyl (C=O) groups is 2. The van der Waals surface area contributed by atoms with Gasteiger partial charge in [0.2, 0.25) is 0 Å². The average Bonchev–Trinajstić information content (AvgIpc) is 2.57. The van der Waals surface area contributed by atoms with Gasteiger partial charge in [0.1, 0.15) is 12.4 Å². The molecule has 24 heavy (non-hydrogen) atoms. The molecule has 1 aromatic carbocycles. The standard InChI is InChI=1S/C16H22ClN3O4/c17-13-3-1-2-4-14(13)24-12-11-19-7-9-20(10-8-19)16(23)18-6-5-15(21)22/h1-4H,5-12H2,(H,18,23)(H,21,22). The van der Waals surface area contributed by atoms with Crippen molar-refractivity contribution in [3.8, 4) is 5.75 Å². The Kier molecular flexibility index (Phi) is 7.14. The second kappa shape index (κ2) is 9.34. The number of hydrogen-bond acceptors (Lipinski definition) is 4. The lowest BCUT2D eigenvalue weighted by atomic mass is 10.3. The summed E-state index contributed by atoms with van der Waals surface area (Å²) in [5.74, 6) is -0.241. The van der Waals surface area contributed by atoms with Crippen molar-refractivity contribution in [3.05, 3.63) is 29.3 Å². The zero-order valence-corrected chi connectivity index (χ0v) is 14.2. The lowest BCUT2D eigenvalue weighted by molar-refractivity contribution is -0.136. The topological polar surface area (TPSA) is 82.1 Å². The summed E-state index contributed by atoms with van der Waals surface area (Å²) in [5.41, 5.74) is 0. The minimum atomic E-state index is -0.918. The molecule has 1 saturated heterocycles. The van der Waals surface area contributed by atoms with Crippen LogP contribution in [0.3, 0.4) is 0 Å². The van der Waals surface area contributed by atoms with Gasteiger partial charge in [-0.05, 0) is 12.1 Å². The van der Waals surface area contributed by atoms with Crippen molar-refractivity contribution in [2.75, 3.05) is 45.9 Å². The van der Waals surface area contributed by atoms with Gasteiger partial charge in [0.05, 0.1) is 11.4 Å². The highest BCUT2D eigenvalue weighted by molar-refractivity contribution is 6.32. The first-order valence-corrected chi connectivity index (χ1v) is 8.28. The van der Waals surface area contributed by atoms with E-state index in [-0.39, 0.29) is 19.0 Å². The van der Waals surface area contributed by atoms with E-state index in [9.17, 15) is 9.59 Å². The Bertz CT molecular complexity index is 562. The Morgan fingerprint density at radius 2 is 1.92 bits per heavy atom. The van der Waals surface area contributed by atoms with Crippen LogP contribution in [0.4, 0.5) is 4.79 Å². The molecule has 1 aromatic rings. The number of amides is 2. The number of carboxylic acid groups (broad SMARTS) is 1. The molecule has 132 valence electrons. The van der Waals surface area contributed by atoms with E-state index in [1.165, 1.54) is 0 Å². The summed E-state index contributed by atoms with van der Waals surface area (Å²) in [6.07, 6.45) is -0.0644. The molecular formula is C16H22ClN3O4. The molecular weight excluding hydrogens is 334 g/mol. The lowest BCUT2D eigenvalue weighted by Crippen LogP contribution is -2.52. The van der Waals surface area contributed by atoms with E-state index in [1.807, 2.05) is 18.2 Å². The molecule has 2 N–H and O–H groups in total. The van der Waals surface area contributed by atoms with Gasteiger partial charge >= 0.3 is 12.0 Å². The van der Waals surface area contributed by atoms with Crippen LogP contribution in [0, 0.1) is 0 Å². The van der Waals surface area contributed by atoms with Gasteiger partial charge in [-0.2, -0.15) is 0 Å². The second-order valence-corrected chi connectivity index (χ2v) is 5.89. The average molecular weight is 356 g/mol. The van der Waals surface area contributed by atoms with Crippen molar-refractivity contribution in [1.29, 1.82) is 0 Å². The first kappa shape index (κ1) is 18.4. The molecule has 0 spiro atoms. The number of benzene rings is 1. The maximum atomic E-state index is 11.9. The monoisotopic (exact) mass is 355 g/mol. The molecule has 0 aliphatic carbocycles. The summed E-state index contributed by atoms with van der Waals surface area (Å²) in [5, 5.41) is 11.8. The molecule has 8 heteroatoms. The number of aliphatic carboxylic acids is 1. The van der Waals surface area contributed by atoms with Crippen molar-refractivity contribution in [3.63, 3.8) is 0 Å². The van der Waals surface area contributed by atoms with Gasteiger partial charge in [0.25, 0.3) is 0 Å². The molecule has 0 unspecified atom stereocenters. The Balaban J connectivity index is 1.63. The predicted octanol–water partition coefficient (Wildman–Crippen LogP) is 1.52. The highest BCUT2D eigenvalue weighted by atomic mass is 35.5. The van der Waals surface area contributed by atoms with Gasteiger partial charge in [-0.15, -0.1) is 0 Å². The maximum absolute atomic E-state index is 11.9. The molecule has 0 saturated carbocycles. The maximum Gasteiger partial charge on any atom is 0.317 e. The zero-order valence-electron chi connectivity index (χ0n) is 13.4. The summed E-state index contributed by atoms with van der Waals surface area (Å²) in [4.78, 5) is 26.2. The molecule has 0 atom stereocenters. The number of carbonyl (C=O) groups excluding carboxylic acids is 1. The second-order valence-electron chi connectivity index (χ2n) is 5.48. The largest absolute Gasteiger partial charge is 0.491 e. The number of nitrogens with zero attached hydrogens (tertiary/aromatic N) is 2. The third-order valence-electron chi connectivity index (χ3n) is 3.78. The summed E-state index contributed by atoms with van der Waals surface area (Å²) in [6.45, 7) is 4.21. The summed E-state index contributed by atoms with van der Waals surface area (Å²) >= 11 is 6.03. The van der Waals surface area contributed by atoms with Crippen LogP contribution >= 0.6 is 11.6 Å². The van der Waals surface area contributed by atoms with Crippen LogP contribution in [0.1, 0.15) is 6.42 Å². The number of piperazine rings is 1.